The molecule has 2 atom stereocenters. The molecular weight excluding hydrogens is 234 g/mol. The molecule has 86 valence electrons. The molecule has 0 amide bonds. The molecule has 0 radical (unpaired) electrons. The molecule has 2 nitrogen and oxygen atoms in total. The zero-order valence-corrected chi connectivity index (χ0v) is 8.13. The minimum absolute atomic E-state index is 0.962. The maximum atomic E-state index is 12.1. The Morgan fingerprint density at radius 2 is 1.07 bits per heavy atom. The van der Waals surface area contributed by atoms with Gasteiger partial charge in [0.2, 0.25) is 0 Å². The molecule has 0 saturated heterocycles. The molecule has 0 N–H and O–H groups in total. The number of halogens is 6. The zero-order chi connectivity index (χ0) is 11.3. The number of hydrogen-bond donors (Lipinski definition) is 0. The number of hydrogen-bond acceptors (Lipinski definition) is 2. The predicted molar refractivity (Wildman–Crippen MR) is 37.0 cm³/mol. The van der Waals surface area contributed by atoms with Crippen LogP contribution in [0.1, 0.15) is 0 Å². The lowest BCUT2D eigenvalue weighted by Crippen LogP contribution is -2.32. The lowest BCUT2D eigenvalue weighted by Gasteiger charge is -2.17. The second-order valence-electron chi connectivity index (χ2n) is 2.21. The molecule has 0 bridgehead atoms. The van der Waals surface area contributed by atoms with Crippen LogP contribution in [0.5, 0.6) is 0 Å². The van der Waals surface area contributed by atoms with Crippen LogP contribution in [0.3, 0.4) is 0 Å². The van der Waals surface area contributed by atoms with Crippen molar-refractivity contribution in [1.29, 1.82) is 0 Å². The lowest BCUT2D eigenvalue weighted by atomic mass is 10.7. The first-order valence-electron chi connectivity index (χ1n) is 3.50. The fourth-order valence-corrected chi connectivity index (χ4v) is 1.55. The molecule has 0 aromatic heterocycles. The summed E-state index contributed by atoms with van der Waals surface area (Å²) in [6.45, 7) is 0.962. The monoisotopic (exact) mass is 242 g/mol. The molecule has 0 aromatic carbocycles. The van der Waals surface area contributed by atoms with E-state index in [1.54, 1.807) is 0 Å². The van der Waals surface area contributed by atoms with Crippen LogP contribution in [0, 0.1) is 0 Å². The molecule has 14 heavy (non-hydrogen) atoms. The van der Waals surface area contributed by atoms with Crippen LogP contribution in [-0.2, 0) is 8.85 Å². The van der Waals surface area contributed by atoms with E-state index in [2.05, 4.69) is 8.85 Å². The summed E-state index contributed by atoms with van der Waals surface area (Å²) in [5, 5.41) is 0. The van der Waals surface area contributed by atoms with Gasteiger partial charge in [-0.25, -0.2) is 26.3 Å². The van der Waals surface area contributed by atoms with Gasteiger partial charge in [0.1, 0.15) is 0 Å². The van der Waals surface area contributed by atoms with Gasteiger partial charge in [-0.2, -0.15) is 0 Å². The van der Waals surface area contributed by atoms with Gasteiger partial charge < -0.3 is 8.85 Å². The smallest absolute Gasteiger partial charge is 0.323 e. The molecule has 0 rings (SSSR count). The van der Waals surface area contributed by atoms with Gasteiger partial charge in [-0.3, -0.25) is 0 Å². The quantitative estimate of drug-likeness (QED) is 0.524. The Hall–Kier alpha value is -0.283. The molecule has 2 unspecified atom stereocenters. The first-order chi connectivity index (χ1) is 6.34. The van der Waals surface area contributed by atoms with E-state index in [9.17, 15) is 26.3 Å². The third kappa shape index (κ3) is 5.45. The van der Waals surface area contributed by atoms with Crippen molar-refractivity contribution in [1.82, 2.24) is 0 Å². The average Bonchev–Trinajstić information content (AvgIpc) is 2.03. The van der Waals surface area contributed by atoms with Crippen molar-refractivity contribution < 1.29 is 35.2 Å². The van der Waals surface area contributed by atoms with Crippen molar-refractivity contribution >= 4 is 9.28 Å². The van der Waals surface area contributed by atoms with E-state index in [1.807, 2.05) is 0 Å². The van der Waals surface area contributed by atoms with E-state index in [1.165, 1.54) is 0 Å². The maximum absolute atomic E-state index is 12.1. The standard InChI is InChI=1S/C5H8F6O2Si/c1-14(12-4(10)2(6)7)13-5(11)3(8)9/h2-5,14H,1H3. The summed E-state index contributed by atoms with van der Waals surface area (Å²) in [7, 11) is -3.14. The molecule has 0 aliphatic rings. The Labute approximate surface area is 77.6 Å². The molecule has 0 saturated carbocycles. The second-order valence-corrected chi connectivity index (χ2v) is 3.89. The van der Waals surface area contributed by atoms with Gasteiger partial charge in [0.15, 0.2) is 0 Å². The highest BCUT2D eigenvalue weighted by molar-refractivity contribution is 6.42. The van der Waals surface area contributed by atoms with Crippen LogP contribution in [0.2, 0.25) is 6.55 Å². The number of rotatable bonds is 6. The van der Waals surface area contributed by atoms with Gasteiger partial charge in [-0.15, -0.1) is 0 Å². The fraction of sp³-hybridized carbons (Fsp3) is 1.00. The highest BCUT2D eigenvalue weighted by Gasteiger charge is 2.28. The minimum atomic E-state index is -3.40. The van der Waals surface area contributed by atoms with Crippen molar-refractivity contribution in [2.24, 2.45) is 0 Å². The molecular formula is C5H8F6O2Si. The van der Waals surface area contributed by atoms with Crippen molar-refractivity contribution in [3.8, 4) is 0 Å². The normalized spacial score (nSPS) is 18.6. The van der Waals surface area contributed by atoms with E-state index >= 15 is 0 Å². The highest BCUT2D eigenvalue weighted by Crippen LogP contribution is 2.13. The van der Waals surface area contributed by atoms with Crippen LogP contribution < -0.4 is 0 Å². The molecule has 0 spiro atoms. The Morgan fingerprint density at radius 3 is 1.29 bits per heavy atom. The third-order valence-corrected chi connectivity index (χ3v) is 2.33. The highest BCUT2D eigenvalue weighted by atomic mass is 28.3. The summed E-state index contributed by atoms with van der Waals surface area (Å²) in [6, 6.07) is 0. The van der Waals surface area contributed by atoms with Gasteiger partial charge >= 0.3 is 9.28 Å². The largest absolute Gasteiger partial charge is 0.362 e. The molecule has 9 heteroatoms. The predicted octanol–water partition coefficient (Wildman–Crippen LogP) is 1.99. The number of alkyl halides is 6. The van der Waals surface area contributed by atoms with Crippen molar-refractivity contribution in [3.63, 3.8) is 0 Å². The molecule has 0 aliphatic carbocycles. The Morgan fingerprint density at radius 1 is 0.786 bits per heavy atom. The SMILES string of the molecule is C[SiH](OC(F)C(F)F)OC(F)C(F)F. The van der Waals surface area contributed by atoms with E-state index in [4.69, 9.17) is 0 Å². The van der Waals surface area contributed by atoms with Crippen molar-refractivity contribution in [2.75, 3.05) is 0 Å². The molecule has 0 fully saturated rings. The topological polar surface area (TPSA) is 18.5 Å². The van der Waals surface area contributed by atoms with E-state index in [0.29, 0.717) is 0 Å². The molecule has 0 heterocycles. The van der Waals surface area contributed by atoms with Crippen molar-refractivity contribution in [3.05, 3.63) is 0 Å². The van der Waals surface area contributed by atoms with Crippen LogP contribution in [0.15, 0.2) is 0 Å². The minimum Gasteiger partial charge on any atom is -0.362 e. The first-order valence-corrected chi connectivity index (χ1v) is 5.59. The summed E-state index contributed by atoms with van der Waals surface area (Å²) in [6.07, 6.45) is -12.7. The summed E-state index contributed by atoms with van der Waals surface area (Å²) in [5.41, 5.74) is 0. The van der Waals surface area contributed by atoms with Gasteiger partial charge in [-0.05, 0) is 6.55 Å². The van der Waals surface area contributed by atoms with Crippen LogP contribution in [0.4, 0.5) is 26.3 Å². The van der Waals surface area contributed by atoms with Crippen LogP contribution in [-0.4, -0.2) is 34.9 Å². The summed E-state index contributed by atoms with van der Waals surface area (Å²) < 4.78 is 78.0. The summed E-state index contributed by atoms with van der Waals surface area (Å²) >= 11 is 0. The van der Waals surface area contributed by atoms with E-state index < -0.39 is 34.9 Å². The first kappa shape index (κ1) is 13.7. The van der Waals surface area contributed by atoms with Gasteiger partial charge in [0.25, 0.3) is 25.6 Å². The Balaban J connectivity index is 3.80. The average molecular weight is 242 g/mol. The van der Waals surface area contributed by atoms with Gasteiger partial charge in [0.05, 0.1) is 0 Å². The summed E-state index contributed by atoms with van der Waals surface area (Å²) in [4.78, 5) is 0. The van der Waals surface area contributed by atoms with Crippen LogP contribution in [0.25, 0.3) is 0 Å². The van der Waals surface area contributed by atoms with Gasteiger partial charge in [-0.1, -0.05) is 0 Å². The molecule has 0 aromatic rings. The van der Waals surface area contributed by atoms with Gasteiger partial charge in [0, 0.05) is 0 Å². The van der Waals surface area contributed by atoms with Crippen LogP contribution >= 0.6 is 0 Å². The zero-order valence-electron chi connectivity index (χ0n) is 6.97. The summed E-state index contributed by atoms with van der Waals surface area (Å²) in [5.74, 6) is 0. The lowest BCUT2D eigenvalue weighted by molar-refractivity contribution is -0.112. The Kier molecular flexibility index (Phi) is 6.12. The van der Waals surface area contributed by atoms with E-state index in [0.717, 1.165) is 6.55 Å². The maximum Gasteiger partial charge on any atom is 0.323 e. The molecule has 0 aliphatic heterocycles. The van der Waals surface area contributed by atoms with Crippen molar-refractivity contribution in [2.45, 2.75) is 32.1 Å². The third-order valence-electron chi connectivity index (χ3n) is 1.04. The van der Waals surface area contributed by atoms with E-state index in [-0.39, 0.29) is 0 Å². The second kappa shape index (κ2) is 6.25. The fourth-order valence-electron chi connectivity index (χ4n) is 0.517. The Bertz CT molecular complexity index is 143.